The van der Waals surface area contributed by atoms with E-state index in [1.54, 1.807) is 0 Å². The van der Waals surface area contributed by atoms with Crippen LogP contribution >= 0.6 is 24.4 Å². The van der Waals surface area contributed by atoms with E-state index in [1.807, 2.05) is 0 Å². The Morgan fingerprint density at radius 3 is 2.44 bits per heavy atom. The Labute approximate surface area is 111 Å². The second kappa shape index (κ2) is 6.55. The average molecular weight is 262 g/mol. The standard InChI is InChI=1S/C13H27NS2/c1-5-13(6-2,10-15)9-14-7-8-16-12(4)11(14)3/h11-12,15H,5-10H2,1-4H3. The highest BCUT2D eigenvalue weighted by molar-refractivity contribution is 8.00. The van der Waals surface area contributed by atoms with Crippen molar-refractivity contribution in [3.63, 3.8) is 0 Å². The van der Waals surface area contributed by atoms with Crippen molar-refractivity contribution in [3.8, 4) is 0 Å². The summed E-state index contributed by atoms with van der Waals surface area (Å²) in [5, 5.41) is 0.778. The SMILES string of the molecule is CCC(CC)(CS)CN1CCSC(C)C1C. The van der Waals surface area contributed by atoms with Crippen LogP contribution in [0.5, 0.6) is 0 Å². The molecule has 0 radical (unpaired) electrons. The van der Waals surface area contributed by atoms with E-state index in [-0.39, 0.29) is 0 Å². The molecular formula is C13H27NS2. The van der Waals surface area contributed by atoms with Crippen LogP contribution in [0.4, 0.5) is 0 Å². The van der Waals surface area contributed by atoms with E-state index in [9.17, 15) is 0 Å². The van der Waals surface area contributed by atoms with E-state index in [2.05, 4.69) is 57.0 Å². The molecule has 0 bridgehead atoms. The van der Waals surface area contributed by atoms with Crippen LogP contribution in [0.1, 0.15) is 40.5 Å². The van der Waals surface area contributed by atoms with E-state index in [0.717, 1.165) is 17.0 Å². The maximum Gasteiger partial charge on any atom is 0.0184 e. The van der Waals surface area contributed by atoms with Crippen LogP contribution in [-0.4, -0.2) is 40.8 Å². The predicted molar refractivity (Wildman–Crippen MR) is 79.8 cm³/mol. The molecule has 1 saturated heterocycles. The van der Waals surface area contributed by atoms with Gasteiger partial charge in [0, 0.05) is 30.1 Å². The largest absolute Gasteiger partial charge is 0.298 e. The van der Waals surface area contributed by atoms with Gasteiger partial charge >= 0.3 is 0 Å². The van der Waals surface area contributed by atoms with Crippen LogP contribution in [-0.2, 0) is 0 Å². The summed E-state index contributed by atoms with van der Waals surface area (Å²) >= 11 is 6.70. The quantitative estimate of drug-likeness (QED) is 0.754. The maximum atomic E-state index is 4.58. The fraction of sp³-hybridized carbons (Fsp3) is 1.00. The number of nitrogens with zero attached hydrogens (tertiary/aromatic N) is 1. The third-order valence-corrected chi connectivity index (χ3v) is 6.40. The number of rotatable bonds is 5. The molecule has 1 heterocycles. The molecule has 3 heteroatoms. The summed E-state index contributed by atoms with van der Waals surface area (Å²) in [5.74, 6) is 2.31. The first-order valence-corrected chi connectivity index (χ1v) is 8.23. The normalized spacial score (nSPS) is 28.3. The zero-order valence-corrected chi connectivity index (χ0v) is 12.9. The van der Waals surface area contributed by atoms with Gasteiger partial charge in [-0.3, -0.25) is 4.90 Å². The van der Waals surface area contributed by atoms with Gasteiger partial charge < -0.3 is 0 Å². The highest BCUT2D eigenvalue weighted by Gasteiger charge is 2.32. The monoisotopic (exact) mass is 261 g/mol. The summed E-state index contributed by atoms with van der Waals surface area (Å²) in [6.45, 7) is 11.9. The lowest BCUT2D eigenvalue weighted by Crippen LogP contribution is -2.49. The zero-order chi connectivity index (χ0) is 12.2. The van der Waals surface area contributed by atoms with Gasteiger partial charge in [-0.05, 0) is 30.9 Å². The molecule has 1 rings (SSSR count). The molecule has 1 aliphatic heterocycles. The molecule has 0 spiro atoms. The third kappa shape index (κ3) is 3.33. The van der Waals surface area contributed by atoms with E-state index in [1.165, 1.54) is 31.7 Å². The molecule has 16 heavy (non-hydrogen) atoms. The van der Waals surface area contributed by atoms with Gasteiger partial charge in [-0.25, -0.2) is 0 Å². The topological polar surface area (TPSA) is 3.24 Å². The first-order chi connectivity index (χ1) is 7.58. The van der Waals surface area contributed by atoms with Crippen LogP contribution in [0.2, 0.25) is 0 Å². The summed E-state index contributed by atoms with van der Waals surface area (Å²) in [6.07, 6.45) is 2.50. The minimum Gasteiger partial charge on any atom is -0.298 e. The molecule has 0 aromatic heterocycles. The molecule has 0 amide bonds. The molecular weight excluding hydrogens is 234 g/mol. The second-order valence-electron chi connectivity index (χ2n) is 5.15. The molecule has 1 fully saturated rings. The number of hydrogen-bond donors (Lipinski definition) is 1. The zero-order valence-electron chi connectivity index (χ0n) is 11.2. The smallest absolute Gasteiger partial charge is 0.0184 e. The molecule has 1 aliphatic rings. The summed E-state index contributed by atoms with van der Waals surface area (Å²) in [7, 11) is 0. The van der Waals surface area contributed by atoms with Gasteiger partial charge in [0.25, 0.3) is 0 Å². The Hall–Kier alpha value is 0.660. The van der Waals surface area contributed by atoms with Gasteiger partial charge in [-0.2, -0.15) is 24.4 Å². The van der Waals surface area contributed by atoms with Crippen molar-refractivity contribution in [2.75, 3.05) is 24.6 Å². The van der Waals surface area contributed by atoms with Gasteiger partial charge in [0.1, 0.15) is 0 Å². The lowest BCUT2D eigenvalue weighted by Gasteiger charge is -2.43. The lowest BCUT2D eigenvalue weighted by molar-refractivity contribution is 0.124. The van der Waals surface area contributed by atoms with Crippen LogP contribution in [0.25, 0.3) is 0 Å². The van der Waals surface area contributed by atoms with Crippen LogP contribution in [0.15, 0.2) is 0 Å². The average Bonchev–Trinajstić information content (AvgIpc) is 2.32. The van der Waals surface area contributed by atoms with Crippen LogP contribution < -0.4 is 0 Å². The molecule has 0 aromatic rings. The van der Waals surface area contributed by atoms with E-state index < -0.39 is 0 Å². The Morgan fingerprint density at radius 1 is 1.31 bits per heavy atom. The van der Waals surface area contributed by atoms with Gasteiger partial charge in [0.05, 0.1) is 0 Å². The van der Waals surface area contributed by atoms with Gasteiger partial charge in [0.2, 0.25) is 0 Å². The number of thioether (sulfide) groups is 1. The predicted octanol–water partition coefficient (Wildman–Crippen LogP) is 3.55. The molecule has 1 nitrogen and oxygen atoms in total. The van der Waals surface area contributed by atoms with Crippen molar-refractivity contribution in [3.05, 3.63) is 0 Å². The fourth-order valence-electron chi connectivity index (χ4n) is 2.40. The lowest BCUT2D eigenvalue weighted by atomic mass is 9.83. The Morgan fingerprint density at radius 2 is 1.94 bits per heavy atom. The highest BCUT2D eigenvalue weighted by Crippen LogP contribution is 2.33. The maximum absolute atomic E-state index is 4.58. The van der Waals surface area contributed by atoms with Crippen molar-refractivity contribution in [2.24, 2.45) is 5.41 Å². The molecule has 96 valence electrons. The Kier molecular flexibility index (Phi) is 6.03. The summed E-state index contributed by atoms with van der Waals surface area (Å²) in [4.78, 5) is 2.68. The van der Waals surface area contributed by atoms with Crippen molar-refractivity contribution in [2.45, 2.75) is 51.8 Å². The molecule has 2 unspecified atom stereocenters. The van der Waals surface area contributed by atoms with E-state index in [0.29, 0.717) is 5.41 Å². The number of hydrogen-bond acceptors (Lipinski definition) is 3. The number of thiol groups is 1. The highest BCUT2D eigenvalue weighted by atomic mass is 32.2. The Bertz CT molecular complexity index is 196. The van der Waals surface area contributed by atoms with E-state index >= 15 is 0 Å². The van der Waals surface area contributed by atoms with Crippen molar-refractivity contribution < 1.29 is 0 Å². The molecule has 2 atom stereocenters. The van der Waals surface area contributed by atoms with Crippen LogP contribution in [0.3, 0.4) is 0 Å². The van der Waals surface area contributed by atoms with Crippen molar-refractivity contribution in [1.29, 1.82) is 0 Å². The minimum atomic E-state index is 0.430. The van der Waals surface area contributed by atoms with Crippen molar-refractivity contribution in [1.82, 2.24) is 4.90 Å². The van der Waals surface area contributed by atoms with Gasteiger partial charge in [-0.15, -0.1) is 0 Å². The molecule has 0 N–H and O–H groups in total. The first-order valence-electron chi connectivity index (χ1n) is 6.55. The van der Waals surface area contributed by atoms with E-state index in [4.69, 9.17) is 0 Å². The molecule has 0 saturated carbocycles. The summed E-state index contributed by atoms with van der Waals surface area (Å²) < 4.78 is 0. The molecule has 0 aromatic carbocycles. The van der Waals surface area contributed by atoms with Crippen molar-refractivity contribution >= 4 is 24.4 Å². The minimum absolute atomic E-state index is 0.430. The van der Waals surface area contributed by atoms with Gasteiger partial charge in [0.15, 0.2) is 0 Å². The summed E-state index contributed by atoms with van der Waals surface area (Å²) in [6, 6.07) is 0.719. The van der Waals surface area contributed by atoms with Crippen LogP contribution in [0, 0.1) is 5.41 Å². The third-order valence-electron chi connectivity index (χ3n) is 4.39. The fourth-order valence-corrected chi connectivity index (χ4v) is 4.11. The Balaban J connectivity index is 2.63. The summed E-state index contributed by atoms with van der Waals surface area (Å²) in [5.41, 5.74) is 0.430. The molecule has 0 aliphatic carbocycles. The second-order valence-corrected chi connectivity index (χ2v) is 6.95. The van der Waals surface area contributed by atoms with Gasteiger partial charge in [-0.1, -0.05) is 20.8 Å². The first kappa shape index (κ1) is 14.7.